The Balaban J connectivity index is 2.52. The first-order valence-electron chi connectivity index (χ1n) is 6.34. The Morgan fingerprint density at radius 3 is 2.65 bits per heavy atom. The Kier molecular flexibility index (Phi) is 6.15. The minimum absolute atomic E-state index is 0.148. The Hall–Kier alpha value is -0.940. The van der Waals surface area contributed by atoms with E-state index in [1.165, 1.54) is 0 Å². The topological polar surface area (TPSA) is 60.2 Å². The molecule has 98 valence electrons. The van der Waals surface area contributed by atoms with E-state index in [2.05, 4.69) is 29.4 Å². The molecule has 1 unspecified atom stereocenters. The molecule has 5 heteroatoms. The van der Waals surface area contributed by atoms with Crippen molar-refractivity contribution >= 4 is 0 Å². The van der Waals surface area contributed by atoms with Gasteiger partial charge in [-0.15, -0.1) is 10.2 Å². The van der Waals surface area contributed by atoms with Crippen LogP contribution in [-0.2, 0) is 11.3 Å². The average Bonchev–Trinajstić information content (AvgIpc) is 2.76. The Morgan fingerprint density at radius 2 is 2.06 bits per heavy atom. The van der Waals surface area contributed by atoms with Crippen molar-refractivity contribution in [3.05, 3.63) is 11.8 Å². The van der Waals surface area contributed by atoms with Crippen molar-refractivity contribution < 1.29 is 9.15 Å². The standard InChI is InChI=1S/C12H23N3O2/c1-5-7-13-10(6-2)12-15-14-11(17-12)8-16-9(3)4/h9-10,13H,5-8H2,1-4H3. The number of ether oxygens (including phenoxy) is 1. The maximum atomic E-state index is 5.57. The molecule has 0 radical (unpaired) electrons. The first-order valence-corrected chi connectivity index (χ1v) is 6.34. The summed E-state index contributed by atoms with van der Waals surface area (Å²) in [7, 11) is 0. The molecule has 0 fully saturated rings. The Morgan fingerprint density at radius 1 is 1.29 bits per heavy atom. The second-order valence-corrected chi connectivity index (χ2v) is 4.31. The molecule has 1 N–H and O–H groups in total. The van der Waals surface area contributed by atoms with Gasteiger partial charge in [0.15, 0.2) is 0 Å². The lowest BCUT2D eigenvalue weighted by atomic mass is 10.2. The average molecular weight is 241 g/mol. The second-order valence-electron chi connectivity index (χ2n) is 4.31. The number of hydrogen-bond acceptors (Lipinski definition) is 5. The van der Waals surface area contributed by atoms with Gasteiger partial charge in [-0.1, -0.05) is 13.8 Å². The van der Waals surface area contributed by atoms with E-state index in [4.69, 9.17) is 9.15 Å². The molecule has 1 aromatic rings. The van der Waals surface area contributed by atoms with Gasteiger partial charge in [0.05, 0.1) is 12.1 Å². The molecular weight excluding hydrogens is 218 g/mol. The van der Waals surface area contributed by atoms with E-state index in [-0.39, 0.29) is 12.1 Å². The van der Waals surface area contributed by atoms with E-state index in [0.29, 0.717) is 18.4 Å². The van der Waals surface area contributed by atoms with Crippen molar-refractivity contribution in [2.45, 2.75) is 59.3 Å². The van der Waals surface area contributed by atoms with Gasteiger partial charge in [0.2, 0.25) is 11.8 Å². The fourth-order valence-corrected chi connectivity index (χ4v) is 1.43. The summed E-state index contributed by atoms with van der Waals surface area (Å²) in [5.41, 5.74) is 0. The van der Waals surface area contributed by atoms with E-state index in [9.17, 15) is 0 Å². The minimum atomic E-state index is 0.148. The van der Waals surface area contributed by atoms with Gasteiger partial charge in [-0.05, 0) is 33.2 Å². The van der Waals surface area contributed by atoms with Gasteiger partial charge in [0, 0.05) is 0 Å². The molecule has 0 saturated carbocycles. The lowest BCUT2D eigenvalue weighted by Gasteiger charge is -2.11. The molecule has 1 heterocycles. The Labute approximate surface area is 103 Å². The first-order chi connectivity index (χ1) is 8.17. The van der Waals surface area contributed by atoms with Gasteiger partial charge in [0.25, 0.3) is 0 Å². The zero-order valence-electron chi connectivity index (χ0n) is 11.2. The highest BCUT2D eigenvalue weighted by Crippen LogP contribution is 2.15. The number of nitrogens with zero attached hydrogens (tertiary/aromatic N) is 2. The van der Waals surface area contributed by atoms with Crippen LogP contribution in [0.2, 0.25) is 0 Å². The molecule has 1 rings (SSSR count). The third kappa shape index (κ3) is 4.83. The monoisotopic (exact) mass is 241 g/mol. The van der Waals surface area contributed by atoms with Crippen LogP contribution in [-0.4, -0.2) is 22.8 Å². The third-order valence-electron chi connectivity index (χ3n) is 2.37. The molecule has 1 atom stereocenters. The fraction of sp³-hybridized carbons (Fsp3) is 0.833. The van der Waals surface area contributed by atoms with Crippen molar-refractivity contribution in [1.29, 1.82) is 0 Å². The van der Waals surface area contributed by atoms with Crippen molar-refractivity contribution in [3.63, 3.8) is 0 Å². The zero-order valence-corrected chi connectivity index (χ0v) is 11.2. The SMILES string of the molecule is CCCNC(CC)c1nnc(COC(C)C)o1. The Bertz CT molecular complexity index is 312. The van der Waals surface area contributed by atoms with Gasteiger partial charge >= 0.3 is 0 Å². The predicted octanol–water partition coefficient (Wildman–Crippen LogP) is 2.45. The number of nitrogens with one attached hydrogen (secondary N) is 1. The molecule has 0 spiro atoms. The summed E-state index contributed by atoms with van der Waals surface area (Å²) in [4.78, 5) is 0. The van der Waals surface area contributed by atoms with Crippen molar-refractivity contribution in [3.8, 4) is 0 Å². The second kappa shape index (κ2) is 7.40. The van der Waals surface area contributed by atoms with E-state index < -0.39 is 0 Å². The molecule has 17 heavy (non-hydrogen) atoms. The number of rotatable bonds is 8. The van der Waals surface area contributed by atoms with Gasteiger partial charge in [-0.25, -0.2) is 0 Å². The normalized spacial score (nSPS) is 13.2. The highest BCUT2D eigenvalue weighted by molar-refractivity contribution is 4.89. The summed E-state index contributed by atoms with van der Waals surface area (Å²) >= 11 is 0. The molecule has 5 nitrogen and oxygen atoms in total. The van der Waals surface area contributed by atoms with Crippen LogP contribution in [0.15, 0.2) is 4.42 Å². The van der Waals surface area contributed by atoms with Crippen LogP contribution in [0.5, 0.6) is 0 Å². The van der Waals surface area contributed by atoms with Gasteiger partial charge in [-0.2, -0.15) is 0 Å². The number of aromatic nitrogens is 2. The molecule has 0 aliphatic rings. The summed E-state index contributed by atoms with van der Waals surface area (Å²) in [6, 6.07) is 0.148. The number of hydrogen-bond donors (Lipinski definition) is 1. The van der Waals surface area contributed by atoms with E-state index >= 15 is 0 Å². The smallest absolute Gasteiger partial charge is 0.242 e. The predicted molar refractivity (Wildman–Crippen MR) is 65.5 cm³/mol. The van der Waals surface area contributed by atoms with Gasteiger partial charge in [0.1, 0.15) is 6.61 Å². The quantitative estimate of drug-likeness (QED) is 0.757. The first kappa shape index (κ1) is 14.1. The summed E-state index contributed by atoms with van der Waals surface area (Å²) in [6.07, 6.45) is 2.20. The summed E-state index contributed by atoms with van der Waals surface area (Å²) < 4.78 is 11.0. The molecule has 0 aliphatic carbocycles. The van der Waals surface area contributed by atoms with Crippen LogP contribution >= 0.6 is 0 Å². The zero-order chi connectivity index (χ0) is 12.7. The van der Waals surface area contributed by atoms with Crippen LogP contribution in [0.25, 0.3) is 0 Å². The molecule has 0 aromatic carbocycles. The minimum Gasteiger partial charge on any atom is -0.421 e. The molecule has 0 aliphatic heterocycles. The van der Waals surface area contributed by atoms with Gasteiger partial charge in [-0.3, -0.25) is 0 Å². The highest BCUT2D eigenvalue weighted by Gasteiger charge is 2.16. The van der Waals surface area contributed by atoms with E-state index in [0.717, 1.165) is 19.4 Å². The molecule has 0 bridgehead atoms. The van der Waals surface area contributed by atoms with Crippen molar-refractivity contribution in [1.82, 2.24) is 15.5 Å². The van der Waals surface area contributed by atoms with E-state index in [1.807, 2.05) is 13.8 Å². The van der Waals surface area contributed by atoms with Gasteiger partial charge < -0.3 is 14.5 Å². The maximum Gasteiger partial charge on any atom is 0.242 e. The largest absolute Gasteiger partial charge is 0.421 e. The lowest BCUT2D eigenvalue weighted by Crippen LogP contribution is -2.21. The van der Waals surface area contributed by atoms with Crippen LogP contribution in [0.3, 0.4) is 0 Å². The third-order valence-corrected chi connectivity index (χ3v) is 2.37. The summed E-state index contributed by atoms with van der Waals surface area (Å²) in [5, 5.41) is 11.4. The van der Waals surface area contributed by atoms with Crippen LogP contribution in [0, 0.1) is 0 Å². The van der Waals surface area contributed by atoms with Crippen molar-refractivity contribution in [2.24, 2.45) is 0 Å². The van der Waals surface area contributed by atoms with Crippen LogP contribution in [0.4, 0.5) is 0 Å². The fourth-order valence-electron chi connectivity index (χ4n) is 1.43. The maximum absolute atomic E-state index is 5.57. The highest BCUT2D eigenvalue weighted by atomic mass is 16.5. The van der Waals surface area contributed by atoms with Crippen molar-refractivity contribution in [2.75, 3.05) is 6.54 Å². The molecular formula is C12H23N3O2. The summed E-state index contributed by atoms with van der Waals surface area (Å²) in [5.74, 6) is 1.20. The van der Waals surface area contributed by atoms with E-state index in [1.54, 1.807) is 0 Å². The molecule has 0 saturated heterocycles. The van der Waals surface area contributed by atoms with Crippen LogP contribution in [0.1, 0.15) is 58.4 Å². The summed E-state index contributed by atoms with van der Waals surface area (Å²) in [6.45, 7) is 9.54. The molecule has 1 aromatic heterocycles. The molecule has 0 amide bonds. The van der Waals surface area contributed by atoms with Crippen LogP contribution < -0.4 is 5.32 Å². The lowest BCUT2D eigenvalue weighted by molar-refractivity contribution is 0.0507.